The maximum atomic E-state index is 12.3. The molecule has 0 amide bonds. The summed E-state index contributed by atoms with van der Waals surface area (Å²) in [4.78, 5) is -1.05. The minimum atomic E-state index is -1.53. The quantitative estimate of drug-likeness (QED) is 0.230. The van der Waals surface area contributed by atoms with Gasteiger partial charge in [0, 0.05) is 6.07 Å². The van der Waals surface area contributed by atoms with E-state index in [1.54, 1.807) is 0 Å². The van der Waals surface area contributed by atoms with Crippen LogP contribution in [0.2, 0.25) is 0 Å². The van der Waals surface area contributed by atoms with Crippen LogP contribution in [0.3, 0.4) is 0 Å². The molecule has 0 nitrogen and oxygen atoms in total. The van der Waals surface area contributed by atoms with E-state index in [4.69, 9.17) is 0 Å². The zero-order valence-electron chi connectivity index (χ0n) is 6.00. The molecule has 0 aliphatic carbocycles. The fraction of sp³-hybridized carbons (Fsp3) is 0. The Morgan fingerprint density at radius 1 is 0.917 bits per heavy atom. The molecule has 0 radical (unpaired) electrons. The average molecular weight is 204 g/mol. The van der Waals surface area contributed by atoms with Crippen molar-refractivity contribution in [1.82, 2.24) is 0 Å². The summed E-state index contributed by atoms with van der Waals surface area (Å²) in [6.45, 7) is 0. The molecule has 1 aromatic carbocycles. The third-order valence-electron chi connectivity index (χ3n) is 1.07. The largest absolute Gasteiger partial charge is 1.00 e. The molecule has 0 spiro atoms. The van der Waals surface area contributed by atoms with Crippen LogP contribution in [0.25, 0.3) is 0 Å². The molecule has 0 aliphatic rings. The van der Waals surface area contributed by atoms with Gasteiger partial charge in [-0.25, -0.2) is 17.6 Å². The van der Waals surface area contributed by atoms with Gasteiger partial charge in [-0.15, -0.1) is 0 Å². The first-order valence-corrected chi connectivity index (χ1v) is 2.95. The van der Waals surface area contributed by atoms with E-state index in [1.807, 2.05) is 0 Å². The molecule has 1 rings (SSSR count). The third-order valence-corrected chi connectivity index (χ3v) is 1.43. The molecule has 0 N–H and O–H groups in total. The van der Waals surface area contributed by atoms with E-state index in [2.05, 4.69) is 12.6 Å². The van der Waals surface area contributed by atoms with Crippen LogP contribution in [0.5, 0.6) is 0 Å². The van der Waals surface area contributed by atoms with E-state index < -0.39 is 28.2 Å². The molecule has 0 saturated heterocycles. The molecule has 0 heterocycles. The van der Waals surface area contributed by atoms with Crippen molar-refractivity contribution in [3.05, 3.63) is 29.3 Å². The van der Waals surface area contributed by atoms with Crippen LogP contribution in [0.15, 0.2) is 11.0 Å². The SMILES string of the molecule is Fc1cc(F)c(F)c([S-])c1F.[Na+]. The van der Waals surface area contributed by atoms with Gasteiger partial charge in [-0.1, -0.05) is 4.90 Å². The van der Waals surface area contributed by atoms with Crippen LogP contribution in [0, 0.1) is 23.3 Å². The van der Waals surface area contributed by atoms with E-state index in [0.717, 1.165) is 0 Å². The molecule has 0 aromatic heterocycles. The van der Waals surface area contributed by atoms with Crippen LogP contribution in [-0.4, -0.2) is 0 Å². The molecule has 12 heavy (non-hydrogen) atoms. The van der Waals surface area contributed by atoms with Crippen molar-refractivity contribution in [1.29, 1.82) is 0 Å². The Labute approximate surface area is 93.7 Å². The monoisotopic (exact) mass is 204 g/mol. The maximum absolute atomic E-state index is 12.3. The van der Waals surface area contributed by atoms with Crippen molar-refractivity contribution in [2.24, 2.45) is 0 Å². The number of rotatable bonds is 0. The Morgan fingerprint density at radius 3 is 1.58 bits per heavy atom. The molecular weight excluding hydrogens is 203 g/mol. The summed E-state index contributed by atoms with van der Waals surface area (Å²) in [5, 5.41) is 0. The smallest absolute Gasteiger partial charge is 0.774 e. The van der Waals surface area contributed by atoms with Gasteiger partial charge in [0.15, 0.2) is 11.6 Å². The second kappa shape index (κ2) is 4.41. The predicted octanol–water partition coefficient (Wildman–Crippen LogP) is -0.847. The van der Waals surface area contributed by atoms with E-state index in [-0.39, 0.29) is 35.6 Å². The van der Waals surface area contributed by atoms with Crippen LogP contribution in [0.4, 0.5) is 17.6 Å². The first kappa shape index (κ1) is 12.2. The van der Waals surface area contributed by atoms with Gasteiger partial charge in [0.2, 0.25) is 0 Å². The predicted molar refractivity (Wildman–Crippen MR) is 31.9 cm³/mol. The zero-order valence-corrected chi connectivity index (χ0v) is 8.81. The second-order valence-corrected chi connectivity index (χ2v) is 2.21. The normalized spacial score (nSPS) is 9.33. The van der Waals surface area contributed by atoms with Crippen LogP contribution < -0.4 is 29.6 Å². The Morgan fingerprint density at radius 2 is 1.25 bits per heavy atom. The van der Waals surface area contributed by atoms with Crippen molar-refractivity contribution in [2.75, 3.05) is 0 Å². The van der Waals surface area contributed by atoms with Gasteiger partial charge in [0.05, 0.1) is 0 Å². The van der Waals surface area contributed by atoms with Crippen molar-refractivity contribution >= 4 is 12.6 Å². The Kier molecular flexibility index (Phi) is 4.47. The fourth-order valence-corrected chi connectivity index (χ4v) is 0.746. The Hall–Kier alpha value is 0.160. The summed E-state index contributed by atoms with van der Waals surface area (Å²) in [7, 11) is 0. The van der Waals surface area contributed by atoms with Gasteiger partial charge in [-0.3, -0.25) is 0 Å². The number of hydrogen-bond donors (Lipinski definition) is 0. The second-order valence-electron chi connectivity index (χ2n) is 1.80. The average Bonchev–Trinajstić information content (AvgIpc) is 1.97. The number of benzene rings is 1. The number of hydrogen-bond acceptors (Lipinski definition) is 1. The van der Waals surface area contributed by atoms with Gasteiger partial charge in [-0.05, 0) is 0 Å². The molecule has 0 unspecified atom stereocenters. The summed E-state index contributed by atoms with van der Waals surface area (Å²) in [5.74, 6) is -6.01. The first-order chi connectivity index (χ1) is 5.04. The van der Waals surface area contributed by atoms with Crippen molar-refractivity contribution in [2.45, 2.75) is 4.90 Å². The minimum Gasteiger partial charge on any atom is -0.774 e. The van der Waals surface area contributed by atoms with Gasteiger partial charge >= 0.3 is 29.6 Å². The Balaban J connectivity index is 0.00000121. The maximum Gasteiger partial charge on any atom is 1.00 e. The molecule has 0 fully saturated rings. The molecule has 1 aromatic rings. The number of halogens is 4. The summed E-state index contributed by atoms with van der Waals surface area (Å²) >= 11 is 4.04. The van der Waals surface area contributed by atoms with Crippen LogP contribution in [0.1, 0.15) is 0 Å². The fourth-order valence-electron chi connectivity index (χ4n) is 0.551. The molecule has 0 atom stereocenters. The molecule has 60 valence electrons. The minimum absolute atomic E-state index is 0. The molecule has 6 heteroatoms. The molecule has 0 saturated carbocycles. The molecule has 0 aliphatic heterocycles. The van der Waals surface area contributed by atoms with E-state index >= 15 is 0 Å². The van der Waals surface area contributed by atoms with Crippen LogP contribution >= 0.6 is 0 Å². The standard InChI is InChI=1S/C6H2F4S.Na/c7-2-1-3(8)5(10)6(11)4(2)9;/h1,11H;/q;+1/p-1. The zero-order chi connectivity index (χ0) is 8.59. The topological polar surface area (TPSA) is 0 Å². The van der Waals surface area contributed by atoms with E-state index in [1.165, 1.54) is 0 Å². The summed E-state index contributed by atoms with van der Waals surface area (Å²) in [6.07, 6.45) is 0. The van der Waals surface area contributed by atoms with Crippen LogP contribution in [-0.2, 0) is 12.6 Å². The Bertz CT molecular complexity index is 276. The molecule has 0 bridgehead atoms. The molecular formula is C6HF4NaS. The van der Waals surface area contributed by atoms with Crippen molar-refractivity contribution in [3.8, 4) is 0 Å². The van der Waals surface area contributed by atoms with Crippen molar-refractivity contribution in [3.63, 3.8) is 0 Å². The van der Waals surface area contributed by atoms with E-state index in [0.29, 0.717) is 0 Å². The summed E-state index contributed by atoms with van der Waals surface area (Å²) in [5.41, 5.74) is 0. The van der Waals surface area contributed by atoms with Gasteiger partial charge in [0.1, 0.15) is 11.6 Å². The van der Waals surface area contributed by atoms with E-state index in [9.17, 15) is 17.6 Å². The van der Waals surface area contributed by atoms with Crippen molar-refractivity contribution < 1.29 is 47.1 Å². The van der Waals surface area contributed by atoms with Gasteiger partial charge in [-0.2, -0.15) is 0 Å². The van der Waals surface area contributed by atoms with Gasteiger partial charge < -0.3 is 12.6 Å². The first-order valence-electron chi connectivity index (χ1n) is 2.54. The van der Waals surface area contributed by atoms with Gasteiger partial charge in [0.25, 0.3) is 0 Å². The summed E-state index contributed by atoms with van der Waals surface area (Å²) < 4.78 is 48.9. The third kappa shape index (κ3) is 2.10. The summed E-state index contributed by atoms with van der Waals surface area (Å²) in [6, 6.07) is 0.112.